The van der Waals surface area contributed by atoms with Gasteiger partial charge < -0.3 is 5.11 Å². The SMILES string of the molecule is O=C(O)CCCCCCCCCCN1C(=O)/C(=C/c2cccc3ccccc23)SC1=S. The highest BCUT2D eigenvalue weighted by Gasteiger charge is 2.31. The molecule has 164 valence electrons. The van der Waals surface area contributed by atoms with E-state index in [0.717, 1.165) is 67.7 Å². The fraction of sp³-hybridized carbons (Fsp3) is 0.400. The Balaban J connectivity index is 1.42. The van der Waals surface area contributed by atoms with E-state index < -0.39 is 5.97 Å². The summed E-state index contributed by atoms with van der Waals surface area (Å²) >= 11 is 6.86. The van der Waals surface area contributed by atoms with Crippen LogP contribution < -0.4 is 0 Å². The van der Waals surface area contributed by atoms with Crippen LogP contribution >= 0.6 is 24.0 Å². The van der Waals surface area contributed by atoms with Crippen LogP contribution in [-0.4, -0.2) is 32.7 Å². The molecule has 0 atom stereocenters. The largest absolute Gasteiger partial charge is 0.481 e. The van der Waals surface area contributed by atoms with Crippen LogP contribution in [0.4, 0.5) is 0 Å². The Hall–Kier alpha value is -2.18. The van der Waals surface area contributed by atoms with Gasteiger partial charge in [-0.15, -0.1) is 0 Å². The Morgan fingerprint density at radius 3 is 2.32 bits per heavy atom. The van der Waals surface area contributed by atoms with E-state index in [1.54, 1.807) is 4.90 Å². The molecule has 1 aliphatic heterocycles. The molecule has 0 aliphatic carbocycles. The number of thiocarbonyl (C=S) groups is 1. The first-order valence-corrected chi connectivity index (χ1v) is 12.2. The van der Waals surface area contributed by atoms with E-state index in [4.69, 9.17) is 17.3 Å². The number of carbonyl (C=O) groups excluding carboxylic acids is 1. The number of nitrogens with zero attached hydrogens (tertiary/aromatic N) is 1. The van der Waals surface area contributed by atoms with Gasteiger partial charge in [-0.2, -0.15) is 0 Å². The third-order valence-corrected chi connectivity index (χ3v) is 6.88. The Labute approximate surface area is 193 Å². The average molecular weight is 456 g/mol. The van der Waals surface area contributed by atoms with E-state index in [1.807, 2.05) is 30.3 Å². The molecule has 0 saturated carbocycles. The lowest BCUT2D eigenvalue weighted by molar-refractivity contribution is -0.137. The van der Waals surface area contributed by atoms with Crippen molar-refractivity contribution in [1.29, 1.82) is 0 Å². The number of fused-ring (bicyclic) bond motifs is 1. The van der Waals surface area contributed by atoms with Crippen molar-refractivity contribution >= 4 is 57.0 Å². The van der Waals surface area contributed by atoms with Gasteiger partial charge in [-0.1, -0.05) is 105 Å². The molecule has 6 heteroatoms. The molecule has 0 bridgehead atoms. The number of thioether (sulfide) groups is 1. The van der Waals surface area contributed by atoms with Crippen LogP contribution in [-0.2, 0) is 9.59 Å². The predicted molar refractivity (Wildman–Crippen MR) is 133 cm³/mol. The van der Waals surface area contributed by atoms with E-state index in [9.17, 15) is 9.59 Å². The Bertz CT molecular complexity index is 965. The van der Waals surface area contributed by atoms with Crippen molar-refractivity contribution in [2.24, 2.45) is 0 Å². The van der Waals surface area contributed by atoms with Crippen molar-refractivity contribution < 1.29 is 14.7 Å². The van der Waals surface area contributed by atoms with E-state index in [1.165, 1.54) is 11.8 Å². The predicted octanol–water partition coefficient (Wildman–Crippen LogP) is 6.64. The molecule has 3 rings (SSSR count). The van der Waals surface area contributed by atoms with Gasteiger partial charge in [-0.3, -0.25) is 14.5 Å². The monoisotopic (exact) mass is 455 g/mol. The Morgan fingerprint density at radius 2 is 1.58 bits per heavy atom. The first-order valence-electron chi connectivity index (χ1n) is 11.0. The molecule has 0 radical (unpaired) electrons. The fourth-order valence-electron chi connectivity index (χ4n) is 3.82. The van der Waals surface area contributed by atoms with E-state index in [-0.39, 0.29) is 12.3 Å². The number of benzene rings is 2. The van der Waals surface area contributed by atoms with Gasteiger partial charge in [-0.25, -0.2) is 0 Å². The third kappa shape index (κ3) is 6.91. The van der Waals surface area contributed by atoms with Crippen LogP contribution in [0.15, 0.2) is 47.4 Å². The highest BCUT2D eigenvalue weighted by atomic mass is 32.2. The van der Waals surface area contributed by atoms with E-state index >= 15 is 0 Å². The minimum Gasteiger partial charge on any atom is -0.481 e. The molecule has 0 spiro atoms. The summed E-state index contributed by atoms with van der Waals surface area (Å²) in [6, 6.07) is 14.3. The zero-order chi connectivity index (χ0) is 22.1. The molecule has 0 aromatic heterocycles. The summed E-state index contributed by atoms with van der Waals surface area (Å²) < 4.78 is 0.648. The molecular weight excluding hydrogens is 426 g/mol. The lowest BCUT2D eigenvalue weighted by Gasteiger charge is -2.14. The highest BCUT2D eigenvalue weighted by molar-refractivity contribution is 8.26. The highest BCUT2D eigenvalue weighted by Crippen LogP contribution is 2.34. The molecule has 1 amide bonds. The van der Waals surface area contributed by atoms with Crippen LogP contribution in [0.5, 0.6) is 0 Å². The second-order valence-corrected chi connectivity index (χ2v) is 9.55. The second-order valence-electron chi connectivity index (χ2n) is 7.87. The lowest BCUT2D eigenvalue weighted by atomic mass is 10.0. The van der Waals surface area contributed by atoms with Crippen LogP contribution in [0.25, 0.3) is 16.8 Å². The zero-order valence-corrected chi connectivity index (χ0v) is 19.4. The molecule has 4 nitrogen and oxygen atoms in total. The number of unbranched alkanes of at least 4 members (excludes halogenated alkanes) is 7. The molecule has 1 fully saturated rings. The van der Waals surface area contributed by atoms with Gasteiger partial charge >= 0.3 is 5.97 Å². The van der Waals surface area contributed by atoms with Gasteiger partial charge in [0, 0.05) is 13.0 Å². The number of aliphatic carboxylic acids is 1. The van der Waals surface area contributed by atoms with Crippen molar-refractivity contribution in [3.8, 4) is 0 Å². The van der Waals surface area contributed by atoms with Crippen LogP contribution in [0.2, 0.25) is 0 Å². The smallest absolute Gasteiger partial charge is 0.303 e. The lowest BCUT2D eigenvalue weighted by Crippen LogP contribution is -2.29. The van der Waals surface area contributed by atoms with Crippen molar-refractivity contribution in [2.45, 2.75) is 57.8 Å². The molecule has 2 aromatic carbocycles. The minimum absolute atomic E-state index is 0.0152. The summed E-state index contributed by atoms with van der Waals surface area (Å²) in [7, 11) is 0. The summed E-state index contributed by atoms with van der Waals surface area (Å²) in [5, 5.41) is 10.9. The summed E-state index contributed by atoms with van der Waals surface area (Å²) in [5.74, 6) is -0.691. The van der Waals surface area contributed by atoms with E-state index in [2.05, 4.69) is 18.2 Å². The van der Waals surface area contributed by atoms with Gasteiger partial charge in [0.2, 0.25) is 0 Å². The van der Waals surface area contributed by atoms with Crippen molar-refractivity contribution in [1.82, 2.24) is 4.90 Å². The van der Waals surface area contributed by atoms with Crippen LogP contribution in [0, 0.1) is 0 Å². The fourth-order valence-corrected chi connectivity index (χ4v) is 5.12. The molecule has 1 saturated heterocycles. The molecule has 1 aliphatic rings. The topological polar surface area (TPSA) is 57.6 Å². The molecule has 2 aromatic rings. The summed E-state index contributed by atoms with van der Waals surface area (Å²) in [6.45, 7) is 0.677. The molecule has 1 N–H and O–H groups in total. The zero-order valence-electron chi connectivity index (χ0n) is 17.7. The second kappa shape index (κ2) is 12.0. The Morgan fingerprint density at radius 1 is 0.935 bits per heavy atom. The standard InChI is InChI=1S/C25H29NO3S2/c27-23(28)16-7-5-3-1-2-4-6-10-17-26-24(29)22(31-25(26)30)18-20-14-11-13-19-12-8-9-15-21(19)20/h8-9,11-15,18H,1-7,10,16-17H2,(H,27,28)/b22-18-. The summed E-state index contributed by atoms with van der Waals surface area (Å²) in [5.41, 5.74) is 1.04. The van der Waals surface area contributed by atoms with Gasteiger partial charge in [0.25, 0.3) is 5.91 Å². The Kier molecular flexibility index (Phi) is 9.10. The maximum Gasteiger partial charge on any atom is 0.303 e. The first kappa shape index (κ1) is 23.5. The number of hydrogen-bond donors (Lipinski definition) is 1. The molecular formula is C25H29NO3S2. The van der Waals surface area contributed by atoms with Crippen molar-refractivity contribution in [2.75, 3.05) is 6.54 Å². The van der Waals surface area contributed by atoms with Crippen molar-refractivity contribution in [3.05, 3.63) is 52.9 Å². The van der Waals surface area contributed by atoms with Gasteiger partial charge in [0.05, 0.1) is 4.91 Å². The number of carboxylic acid groups (broad SMARTS) is 1. The van der Waals surface area contributed by atoms with E-state index in [0.29, 0.717) is 15.8 Å². The van der Waals surface area contributed by atoms with Gasteiger partial charge in [0.15, 0.2) is 0 Å². The van der Waals surface area contributed by atoms with Gasteiger partial charge in [0.1, 0.15) is 4.32 Å². The minimum atomic E-state index is -0.706. The van der Waals surface area contributed by atoms with Crippen molar-refractivity contribution in [3.63, 3.8) is 0 Å². The maximum absolute atomic E-state index is 12.9. The van der Waals surface area contributed by atoms with Crippen LogP contribution in [0.3, 0.4) is 0 Å². The number of rotatable bonds is 12. The summed E-state index contributed by atoms with van der Waals surface area (Å²) in [6.07, 6.45) is 10.6. The normalized spacial score (nSPS) is 15.4. The quantitative estimate of drug-likeness (QED) is 0.221. The summed E-state index contributed by atoms with van der Waals surface area (Å²) in [4.78, 5) is 25.8. The molecule has 1 heterocycles. The number of hydrogen-bond acceptors (Lipinski definition) is 4. The van der Waals surface area contributed by atoms with Gasteiger partial charge in [-0.05, 0) is 35.3 Å². The third-order valence-electron chi connectivity index (χ3n) is 5.51. The molecule has 31 heavy (non-hydrogen) atoms. The number of carbonyl (C=O) groups is 2. The average Bonchev–Trinajstić information content (AvgIpc) is 3.02. The number of amides is 1. The van der Waals surface area contributed by atoms with Crippen LogP contribution in [0.1, 0.15) is 63.4 Å². The number of carboxylic acids is 1. The maximum atomic E-state index is 12.9. The molecule has 0 unspecified atom stereocenters. The first-order chi connectivity index (χ1) is 15.1.